The first-order valence-corrected chi connectivity index (χ1v) is 4.61. The van der Waals surface area contributed by atoms with Gasteiger partial charge in [-0.2, -0.15) is 0 Å². The zero-order valence-electron chi connectivity index (χ0n) is 9.02. The van der Waals surface area contributed by atoms with E-state index < -0.39 is 0 Å². The van der Waals surface area contributed by atoms with Crippen molar-refractivity contribution in [2.75, 3.05) is 5.73 Å². The fourth-order valence-corrected chi connectivity index (χ4v) is 1.18. The van der Waals surface area contributed by atoms with Crippen LogP contribution in [0.25, 0.3) is 11.2 Å². The lowest BCUT2D eigenvalue weighted by Gasteiger charge is -1.97. The van der Waals surface area contributed by atoms with Crippen LogP contribution in [0.3, 0.4) is 0 Å². The van der Waals surface area contributed by atoms with E-state index in [2.05, 4.69) is 9.97 Å². The second-order valence-electron chi connectivity index (χ2n) is 2.77. The first kappa shape index (κ1) is 10.4. The minimum Gasteiger partial charge on any atom is -0.326 e. The molecule has 0 radical (unpaired) electrons. The van der Waals surface area contributed by atoms with Crippen LogP contribution in [0.2, 0.25) is 0 Å². The molecule has 5 nitrogen and oxygen atoms in total. The number of rotatable bonds is 0. The second-order valence-corrected chi connectivity index (χ2v) is 2.77. The molecule has 0 fully saturated rings. The molecule has 5 heteroatoms. The van der Waals surface area contributed by atoms with Crippen molar-refractivity contribution in [1.82, 2.24) is 14.5 Å². The average molecular weight is 194 g/mol. The zero-order valence-corrected chi connectivity index (χ0v) is 9.02. The van der Waals surface area contributed by atoms with Crippen molar-refractivity contribution < 1.29 is 4.57 Å². The zero-order chi connectivity index (χ0) is 10.7. The molecule has 0 unspecified atom stereocenters. The molecule has 0 saturated carbocycles. The molecule has 2 N–H and O–H groups in total. The summed E-state index contributed by atoms with van der Waals surface area (Å²) in [4.78, 5) is 8.19. The molecule has 76 valence electrons. The van der Waals surface area contributed by atoms with Gasteiger partial charge < -0.3 is 10.3 Å². The summed E-state index contributed by atoms with van der Waals surface area (Å²) in [6.45, 7) is 4.00. The largest absolute Gasteiger partial charge is 0.326 e. The van der Waals surface area contributed by atoms with Crippen LogP contribution in [-0.2, 0) is 14.1 Å². The van der Waals surface area contributed by atoms with Crippen LogP contribution < -0.4 is 10.3 Å². The van der Waals surface area contributed by atoms with Crippen LogP contribution >= 0.6 is 0 Å². The van der Waals surface area contributed by atoms with Gasteiger partial charge in [0, 0.05) is 7.05 Å². The van der Waals surface area contributed by atoms with E-state index in [4.69, 9.17) is 5.73 Å². The van der Waals surface area contributed by atoms with Gasteiger partial charge in [-0.05, 0) is 0 Å². The van der Waals surface area contributed by atoms with Crippen molar-refractivity contribution in [2.24, 2.45) is 14.1 Å². The predicted octanol–water partition coefficient (Wildman–Crippen LogP) is 0.401. The number of aromatic nitrogens is 4. The second kappa shape index (κ2) is 4.04. The molecule has 0 saturated heterocycles. The fourth-order valence-electron chi connectivity index (χ4n) is 1.18. The average Bonchev–Trinajstić information content (AvgIpc) is 2.58. The maximum absolute atomic E-state index is 5.83. The third-order valence-corrected chi connectivity index (χ3v) is 1.89. The van der Waals surface area contributed by atoms with Crippen LogP contribution in [0.5, 0.6) is 0 Å². The standard InChI is InChI=1S/C7H9N5.C2H6/c1-11-3-9-7-5(11)6(8)12(2)4-10-7;1-2/h3-4,8H,1-2H3;1-2H3/p+1. The molecule has 2 heterocycles. The van der Waals surface area contributed by atoms with Gasteiger partial charge in [0.2, 0.25) is 12.1 Å². The highest BCUT2D eigenvalue weighted by molar-refractivity contribution is 5.79. The highest BCUT2D eigenvalue weighted by Crippen LogP contribution is 2.11. The molecule has 0 spiro atoms. The maximum atomic E-state index is 5.83. The minimum atomic E-state index is 0.681. The van der Waals surface area contributed by atoms with E-state index >= 15 is 0 Å². The van der Waals surface area contributed by atoms with E-state index in [1.807, 2.05) is 32.5 Å². The lowest BCUT2D eigenvalue weighted by atomic mass is 10.5. The number of nitrogen functional groups attached to an aromatic ring is 1. The third-order valence-electron chi connectivity index (χ3n) is 1.89. The molecular formula is C9H16N5+. The Morgan fingerprint density at radius 3 is 2.64 bits per heavy atom. The normalized spacial score (nSPS) is 9.71. The van der Waals surface area contributed by atoms with Gasteiger partial charge in [-0.1, -0.05) is 18.8 Å². The molecule has 0 bridgehead atoms. The number of anilines is 1. The van der Waals surface area contributed by atoms with Crippen molar-refractivity contribution in [1.29, 1.82) is 0 Å². The van der Waals surface area contributed by atoms with Crippen LogP contribution in [0.1, 0.15) is 13.8 Å². The summed E-state index contributed by atoms with van der Waals surface area (Å²) in [5.74, 6) is 0.681. The maximum Gasteiger partial charge on any atom is 0.260 e. The number of hydrogen-bond donors (Lipinski definition) is 1. The van der Waals surface area contributed by atoms with Gasteiger partial charge in [0.15, 0.2) is 5.52 Å². The Morgan fingerprint density at radius 1 is 1.36 bits per heavy atom. The molecule has 14 heavy (non-hydrogen) atoms. The van der Waals surface area contributed by atoms with Gasteiger partial charge in [-0.15, -0.1) is 0 Å². The third kappa shape index (κ3) is 1.53. The van der Waals surface area contributed by atoms with Crippen molar-refractivity contribution in [3.05, 3.63) is 12.7 Å². The SMILES string of the molecule is CC.Cn1cnc2nc[n+](C)c(N)c21. The van der Waals surface area contributed by atoms with Gasteiger partial charge in [0.25, 0.3) is 5.65 Å². The minimum absolute atomic E-state index is 0.681. The topological polar surface area (TPSA) is 60.6 Å². The lowest BCUT2D eigenvalue weighted by molar-refractivity contribution is -0.658. The van der Waals surface area contributed by atoms with E-state index in [0.29, 0.717) is 11.5 Å². The van der Waals surface area contributed by atoms with E-state index in [1.54, 1.807) is 17.2 Å². The summed E-state index contributed by atoms with van der Waals surface area (Å²) in [6.07, 6.45) is 3.36. The van der Waals surface area contributed by atoms with Crippen LogP contribution in [0.15, 0.2) is 12.7 Å². The van der Waals surface area contributed by atoms with E-state index in [-0.39, 0.29) is 0 Å². The van der Waals surface area contributed by atoms with Crippen molar-refractivity contribution in [3.63, 3.8) is 0 Å². The quantitative estimate of drug-likeness (QED) is 0.617. The number of hydrogen-bond acceptors (Lipinski definition) is 3. The number of aryl methyl sites for hydroxylation is 2. The fraction of sp³-hybridized carbons (Fsp3) is 0.444. The summed E-state index contributed by atoms with van der Waals surface area (Å²) in [5.41, 5.74) is 7.39. The smallest absolute Gasteiger partial charge is 0.260 e. The Bertz CT molecular complexity index is 432. The summed E-state index contributed by atoms with van der Waals surface area (Å²) in [7, 11) is 3.75. The van der Waals surface area contributed by atoms with Crippen molar-refractivity contribution in [3.8, 4) is 0 Å². The summed E-state index contributed by atoms with van der Waals surface area (Å²) >= 11 is 0. The number of imidazole rings is 1. The number of fused-ring (bicyclic) bond motifs is 1. The Balaban J connectivity index is 0.000000461. The predicted molar refractivity (Wildman–Crippen MR) is 55.4 cm³/mol. The van der Waals surface area contributed by atoms with Crippen molar-refractivity contribution >= 4 is 17.0 Å². The molecule has 2 aromatic heterocycles. The number of nitrogens with two attached hydrogens (primary N) is 1. The highest BCUT2D eigenvalue weighted by atomic mass is 15.1. The van der Waals surface area contributed by atoms with Gasteiger partial charge in [-0.25, -0.2) is 9.55 Å². The summed E-state index contributed by atoms with van der Waals surface area (Å²) in [5, 5.41) is 0. The van der Waals surface area contributed by atoms with Crippen LogP contribution in [0, 0.1) is 0 Å². The number of nitrogens with zero attached hydrogens (tertiary/aromatic N) is 4. The summed E-state index contributed by atoms with van der Waals surface area (Å²) < 4.78 is 3.63. The molecular weight excluding hydrogens is 178 g/mol. The molecule has 0 aromatic carbocycles. The first-order chi connectivity index (χ1) is 6.70. The first-order valence-electron chi connectivity index (χ1n) is 4.61. The van der Waals surface area contributed by atoms with E-state index in [0.717, 1.165) is 5.52 Å². The Morgan fingerprint density at radius 2 is 2.00 bits per heavy atom. The monoisotopic (exact) mass is 194 g/mol. The molecule has 0 atom stereocenters. The van der Waals surface area contributed by atoms with Gasteiger partial charge in [0.05, 0.1) is 13.4 Å². The van der Waals surface area contributed by atoms with Crippen LogP contribution in [-0.4, -0.2) is 14.5 Å². The Hall–Kier alpha value is -1.65. The molecule has 2 aromatic rings. The molecule has 0 amide bonds. The molecule has 0 aliphatic rings. The lowest BCUT2D eigenvalue weighted by Crippen LogP contribution is -2.32. The Labute approximate surface area is 83.2 Å². The Kier molecular flexibility index (Phi) is 3.01. The van der Waals surface area contributed by atoms with E-state index in [1.165, 1.54) is 0 Å². The highest BCUT2D eigenvalue weighted by Gasteiger charge is 2.12. The van der Waals surface area contributed by atoms with Gasteiger partial charge >= 0.3 is 0 Å². The molecule has 2 rings (SSSR count). The van der Waals surface area contributed by atoms with E-state index in [9.17, 15) is 0 Å². The van der Waals surface area contributed by atoms with Gasteiger partial charge in [0.1, 0.15) is 0 Å². The van der Waals surface area contributed by atoms with Crippen LogP contribution in [0.4, 0.5) is 5.82 Å². The van der Waals surface area contributed by atoms with Crippen molar-refractivity contribution in [2.45, 2.75) is 13.8 Å². The summed E-state index contributed by atoms with van der Waals surface area (Å²) in [6, 6.07) is 0. The molecule has 0 aliphatic carbocycles. The molecule has 0 aliphatic heterocycles. The van der Waals surface area contributed by atoms with Gasteiger partial charge in [-0.3, -0.25) is 0 Å².